The summed E-state index contributed by atoms with van der Waals surface area (Å²) in [5.74, 6) is -0.795. The molecule has 0 aromatic heterocycles. The number of carbonyl (C=O) groups is 2. The van der Waals surface area contributed by atoms with E-state index >= 15 is 0 Å². The molecule has 5 rings (SSSR count). The summed E-state index contributed by atoms with van der Waals surface area (Å²) in [4.78, 5) is 33.2. The van der Waals surface area contributed by atoms with Gasteiger partial charge in [0.15, 0.2) is 5.54 Å². The summed E-state index contributed by atoms with van der Waals surface area (Å²) in [6.45, 7) is 0.393. The summed E-state index contributed by atoms with van der Waals surface area (Å²) in [5, 5.41) is 4.81. The van der Waals surface area contributed by atoms with Crippen molar-refractivity contribution >= 4 is 11.9 Å². The van der Waals surface area contributed by atoms with E-state index in [-0.39, 0.29) is 12.3 Å². The van der Waals surface area contributed by atoms with Gasteiger partial charge in [-0.1, -0.05) is 109 Å². The van der Waals surface area contributed by atoms with E-state index in [1.807, 2.05) is 109 Å². The molecule has 174 valence electrons. The fourth-order valence-electron chi connectivity index (χ4n) is 4.69. The van der Waals surface area contributed by atoms with Crippen molar-refractivity contribution in [1.29, 1.82) is 0 Å². The zero-order valence-corrected chi connectivity index (χ0v) is 19.2. The van der Waals surface area contributed by atoms with Crippen molar-refractivity contribution in [3.63, 3.8) is 0 Å². The summed E-state index contributed by atoms with van der Waals surface area (Å²) in [5.41, 5.74) is 1.98. The second-order valence-corrected chi connectivity index (χ2v) is 8.71. The van der Waals surface area contributed by atoms with E-state index in [0.29, 0.717) is 12.1 Å². The van der Waals surface area contributed by atoms with Crippen molar-refractivity contribution in [3.05, 3.63) is 144 Å². The lowest BCUT2D eigenvalue weighted by Crippen LogP contribution is -2.57. The normalized spacial score (nSPS) is 19.8. The molecule has 1 aliphatic rings. The Morgan fingerprint density at radius 1 is 0.743 bits per heavy atom. The quantitative estimate of drug-likeness (QED) is 0.415. The maximum absolute atomic E-state index is 13.8. The Morgan fingerprint density at radius 3 is 1.86 bits per heavy atom. The standard InChI is InChI=1S/C30H26N2O3/c33-28(26-19-11-4-12-20-26)31-30(21-23-13-5-1-6-14-23)27(25-17-9-3-10-18-25)32(35-29(30)34)22-24-15-7-2-8-16-24/h1-20,27H,21-22H2,(H,31,33)/t27-,30-/m0/s1. The third kappa shape index (κ3) is 4.72. The first-order chi connectivity index (χ1) is 17.2. The SMILES string of the molecule is O=C(N[C@]1(Cc2ccccc2)C(=O)ON(Cc2ccccc2)[C@H]1c1ccccc1)c1ccccc1. The Kier molecular flexibility index (Phi) is 6.42. The van der Waals surface area contributed by atoms with Gasteiger partial charge in [0.2, 0.25) is 0 Å². The van der Waals surface area contributed by atoms with Crippen LogP contribution in [0.3, 0.4) is 0 Å². The monoisotopic (exact) mass is 462 g/mol. The van der Waals surface area contributed by atoms with Crippen LogP contribution in [0.5, 0.6) is 0 Å². The summed E-state index contributed by atoms with van der Waals surface area (Å²) in [6, 6.07) is 37.7. The molecule has 1 aliphatic heterocycles. The molecule has 4 aromatic rings. The van der Waals surface area contributed by atoms with Gasteiger partial charge in [-0.15, -0.1) is 5.06 Å². The highest BCUT2D eigenvalue weighted by Crippen LogP contribution is 2.42. The molecule has 1 saturated heterocycles. The number of carbonyl (C=O) groups excluding carboxylic acids is 2. The first-order valence-corrected chi connectivity index (χ1v) is 11.7. The largest absolute Gasteiger partial charge is 0.365 e. The van der Waals surface area contributed by atoms with Gasteiger partial charge < -0.3 is 10.2 Å². The van der Waals surface area contributed by atoms with Crippen molar-refractivity contribution in [2.24, 2.45) is 0 Å². The van der Waals surface area contributed by atoms with Crippen LogP contribution in [-0.2, 0) is 22.6 Å². The fraction of sp³-hybridized carbons (Fsp3) is 0.133. The maximum Gasteiger partial charge on any atom is 0.353 e. The maximum atomic E-state index is 13.8. The van der Waals surface area contributed by atoms with Gasteiger partial charge in [-0.05, 0) is 28.8 Å². The number of hydroxylamine groups is 2. The zero-order valence-electron chi connectivity index (χ0n) is 19.2. The van der Waals surface area contributed by atoms with Gasteiger partial charge in [-0.3, -0.25) is 4.79 Å². The van der Waals surface area contributed by atoms with E-state index in [9.17, 15) is 9.59 Å². The average molecular weight is 463 g/mol. The highest BCUT2D eigenvalue weighted by Gasteiger charge is 2.58. The highest BCUT2D eigenvalue weighted by atomic mass is 16.7. The first-order valence-electron chi connectivity index (χ1n) is 11.7. The molecule has 1 N–H and O–H groups in total. The third-order valence-electron chi connectivity index (χ3n) is 6.31. The van der Waals surface area contributed by atoms with Crippen LogP contribution in [0.4, 0.5) is 0 Å². The van der Waals surface area contributed by atoms with Crippen LogP contribution >= 0.6 is 0 Å². The summed E-state index contributed by atoms with van der Waals surface area (Å²) >= 11 is 0. The van der Waals surface area contributed by atoms with Crippen molar-refractivity contribution < 1.29 is 14.4 Å². The summed E-state index contributed by atoms with van der Waals surface area (Å²) in [7, 11) is 0. The first kappa shape index (κ1) is 22.6. The van der Waals surface area contributed by atoms with Crippen LogP contribution in [0.25, 0.3) is 0 Å². The molecule has 5 nitrogen and oxygen atoms in total. The smallest absolute Gasteiger partial charge is 0.353 e. The van der Waals surface area contributed by atoms with Gasteiger partial charge in [-0.2, -0.15) is 0 Å². The van der Waals surface area contributed by atoms with E-state index in [1.165, 1.54) is 0 Å². The molecular formula is C30H26N2O3. The highest BCUT2D eigenvalue weighted by molar-refractivity contribution is 5.99. The van der Waals surface area contributed by atoms with Gasteiger partial charge in [0.1, 0.15) is 6.04 Å². The number of benzene rings is 4. The molecule has 0 spiro atoms. The zero-order chi connectivity index (χ0) is 24.1. The molecule has 0 bridgehead atoms. The topological polar surface area (TPSA) is 58.6 Å². The second kappa shape index (κ2) is 9.95. The predicted molar refractivity (Wildman–Crippen MR) is 134 cm³/mol. The Morgan fingerprint density at radius 2 is 1.26 bits per heavy atom. The summed E-state index contributed by atoms with van der Waals surface area (Å²) in [6.07, 6.45) is 0.288. The van der Waals surface area contributed by atoms with Crippen molar-refractivity contribution in [1.82, 2.24) is 10.4 Å². The van der Waals surface area contributed by atoms with Crippen LogP contribution in [0.2, 0.25) is 0 Å². The minimum Gasteiger partial charge on any atom is -0.365 e. The number of hydrogen-bond acceptors (Lipinski definition) is 4. The molecule has 1 heterocycles. The van der Waals surface area contributed by atoms with Gasteiger partial charge in [0, 0.05) is 12.0 Å². The minimum atomic E-state index is -1.33. The van der Waals surface area contributed by atoms with E-state index in [0.717, 1.165) is 16.7 Å². The number of amides is 1. The van der Waals surface area contributed by atoms with Gasteiger partial charge in [0.05, 0.1) is 6.54 Å². The number of hydrogen-bond donors (Lipinski definition) is 1. The van der Waals surface area contributed by atoms with E-state index in [4.69, 9.17) is 4.84 Å². The van der Waals surface area contributed by atoms with Gasteiger partial charge in [-0.25, -0.2) is 4.79 Å². The van der Waals surface area contributed by atoms with Gasteiger partial charge in [0.25, 0.3) is 5.91 Å². The lowest BCUT2D eigenvalue weighted by Gasteiger charge is -2.34. The molecule has 1 fully saturated rings. The van der Waals surface area contributed by atoms with Crippen LogP contribution in [-0.4, -0.2) is 22.5 Å². The van der Waals surface area contributed by atoms with E-state index in [2.05, 4.69) is 5.32 Å². The molecule has 0 saturated carbocycles. The van der Waals surface area contributed by atoms with Crippen LogP contribution in [0.1, 0.15) is 33.1 Å². The lowest BCUT2D eigenvalue weighted by molar-refractivity contribution is -0.178. The third-order valence-corrected chi connectivity index (χ3v) is 6.31. The van der Waals surface area contributed by atoms with Crippen LogP contribution in [0, 0.1) is 0 Å². The molecule has 0 aliphatic carbocycles. The predicted octanol–water partition coefficient (Wildman–Crippen LogP) is 5.11. The molecule has 4 aromatic carbocycles. The van der Waals surface area contributed by atoms with Crippen molar-refractivity contribution in [3.8, 4) is 0 Å². The molecule has 35 heavy (non-hydrogen) atoms. The van der Waals surface area contributed by atoms with Gasteiger partial charge >= 0.3 is 5.97 Å². The molecular weight excluding hydrogens is 436 g/mol. The van der Waals surface area contributed by atoms with Crippen LogP contribution in [0.15, 0.2) is 121 Å². The lowest BCUT2D eigenvalue weighted by atomic mass is 9.80. The molecule has 2 atom stereocenters. The number of nitrogens with zero attached hydrogens (tertiary/aromatic N) is 1. The number of rotatable bonds is 7. The average Bonchev–Trinajstić information content (AvgIpc) is 3.16. The van der Waals surface area contributed by atoms with Crippen LogP contribution < -0.4 is 5.32 Å². The van der Waals surface area contributed by atoms with Crippen molar-refractivity contribution in [2.75, 3.05) is 0 Å². The second-order valence-electron chi connectivity index (χ2n) is 8.71. The molecule has 5 heteroatoms. The van der Waals surface area contributed by atoms with E-state index < -0.39 is 17.6 Å². The summed E-state index contributed by atoms with van der Waals surface area (Å²) < 4.78 is 0. The minimum absolute atomic E-state index is 0.288. The van der Waals surface area contributed by atoms with E-state index in [1.54, 1.807) is 17.2 Å². The van der Waals surface area contributed by atoms with Crippen molar-refractivity contribution in [2.45, 2.75) is 24.5 Å². The fourth-order valence-corrected chi connectivity index (χ4v) is 4.69. The Balaban J connectivity index is 1.61. The Bertz CT molecular complexity index is 1280. The number of nitrogens with one attached hydrogen (secondary N) is 1. The molecule has 0 unspecified atom stereocenters. The molecule has 1 amide bonds. The Hall–Kier alpha value is -4.22. The Labute approximate surface area is 204 Å². The molecule has 0 radical (unpaired) electrons.